The summed E-state index contributed by atoms with van der Waals surface area (Å²) in [6.45, 7) is 0.255. The van der Waals surface area contributed by atoms with Gasteiger partial charge in [0.05, 0.1) is 12.3 Å². The van der Waals surface area contributed by atoms with Crippen LogP contribution in [-0.4, -0.2) is 17.7 Å². The van der Waals surface area contributed by atoms with Crippen LogP contribution in [-0.2, 0) is 10.3 Å². The Balaban J connectivity index is 2.11. The molecule has 0 amide bonds. The first-order valence-corrected chi connectivity index (χ1v) is 6.62. The van der Waals surface area contributed by atoms with Gasteiger partial charge < -0.3 is 15.2 Å². The molecule has 0 aromatic heterocycles. The van der Waals surface area contributed by atoms with Crippen molar-refractivity contribution in [1.29, 1.82) is 0 Å². The summed E-state index contributed by atoms with van der Waals surface area (Å²) >= 11 is 0. The summed E-state index contributed by atoms with van der Waals surface area (Å²) in [6.07, 6.45) is 0.216. The normalized spacial score (nSPS) is 20.2. The minimum absolute atomic E-state index is 0.164. The van der Waals surface area contributed by atoms with E-state index in [1.54, 1.807) is 36.4 Å². The first-order valence-electron chi connectivity index (χ1n) is 6.62. The Labute approximate surface area is 121 Å². The highest BCUT2D eigenvalue weighted by atomic mass is 19.1. The highest BCUT2D eigenvalue weighted by Crippen LogP contribution is 2.40. The molecule has 21 heavy (non-hydrogen) atoms. The van der Waals surface area contributed by atoms with E-state index in [0.29, 0.717) is 11.3 Å². The van der Waals surface area contributed by atoms with Gasteiger partial charge in [0.15, 0.2) is 5.54 Å². The van der Waals surface area contributed by atoms with Crippen molar-refractivity contribution >= 4 is 11.7 Å². The second kappa shape index (κ2) is 5.09. The van der Waals surface area contributed by atoms with Gasteiger partial charge in [0.2, 0.25) is 0 Å². The molecule has 4 nitrogen and oxygen atoms in total. The van der Waals surface area contributed by atoms with Crippen molar-refractivity contribution in [2.75, 3.05) is 11.9 Å². The van der Waals surface area contributed by atoms with E-state index in [4.69, 9.17) is 4.74 Å². The first-order chi connectivity index (χ1) is 10.1. The van der Waals surface area contributed by atoms with Crippen molar-refractivity contribution in [2.45, 2.75) is 12.0 Å². The number of ether oxygens (including phenoxy) is 1. The lowest BCUT2D eigenvalue weighted by Gasteiger charge is -2.36. The lowest BCUT2D eigenvalue weighted by atomic mass is 9.84. The van der Waals surface area contributed by atoms with Gasteiger partial charge in [-0.2, -0.15) is 0 Å². The number of nitrogens with one attached hydrogen (secondary N) is 1. The van der Waals surface area contributed by atoms with Gasteiger partial charge in [0, 0.05) is 12.0 Å². The molecular weight excluding hydrogens is 273 g/mol. The van der Waals surface area contributed by atoms with Crippen LogP contribution < -0.4 is 10.1 Å². The monoisotopic (exact) mass is 287 g/mol. The summed E-state index contributed by atoms with van der Waals surface area (Å²) in [5, 5.41) is 12.6. The van der Waals surface area contributed by atoms with E-state index in [0.717, 1.165) is 0 Å². The number of carboxylic acids is 1. The number of para-hydroxylation sites is 2. The van der Waals surface area contributed by atoms with E-state index in [-0.39, 0.29) is 18.7 Å². The Hall–Kier alpha value is -2.56. The minimum atomic E-state index is -1.39. The average molecular weight is 287 g/mol. The maximum Gasteiger partial charge on any atom is 0.334 e. The number of carbonyl (C=O) groups is 1. The van der Waals surface area contributed by atoms with Crippen molar-refractivity contribution in [3.8, 4) is 5.75 Å². The van der Waals surface area contributed by atoms with Crippen LogP contribution in [0.25, 0.3) is 0 Å². The molecule has 0 aliphatic carbocycles. The van der Waals surface area contributed by atoms with Crippen LogP contribution >= 0.6 is 0 Å². The number of carboxylic acid groups (broad SMARTS) is 1. The fourth-order valence-corrected chi connectivity index (χ4v) is 2.59. The maximum absolute atomic E-state index is 13.9. The zero-order valence-electron chi connectivity index (χ0n) is 11.2. The second-order valence-electron chi connectivity index (χ2n) is 4.91. The molecule has 2 N–H and O–H groups in total. The Morgan fingerprint density at radius 1 is 1.19 bits per heavy atom. The number of anilines is 1. The molecule has 2 aromatic carbocycles. The smallest absolute Gasteiger partial charge is 0.334 e. The van der Waals surface area contributed by atoms with E-state index in [2.05, 4.69) is 5.32 Å². The molecule has 1 aliphatic rings. The van der Waals surface area contributed by atoms with Crippen molar-refractivity contribution in [2.24, 2.45) is 0 Å². The van der Waals surface area contributed by atoms with Crippen LogP contribution in [0, 0.1) is 5.82 Å². The van der Waals surface area contributed by atoms with Crippen LogP contribution in [0.1, 0.15) is 12.0 Å². The van der Waals surface area contributed by atoms with E-state index < -0.39 is 17.3 Å². The lowest BCUT2D eigenvalue weighted by Crippen LogP contribution is -2.47. The van der Waals surface area contributed by atoms with Gasteiger partial charge >= 0.3 is 5.97 Å². The van der Waals surface area contributed by atoms with E-state index in [1.165, 1.54) is 12.1 Å². The Morgan fingerprint density at radius 2 is 1.90 bits per heavy atom. The molecule has 0 saturated heterocycles. The second-order valence-corrected chi connectivity index (χ2v) is 4.91. The maximum atomic E-state index is 13.9. The van der Waals surface area contributed by atoms with Gasteiger partial charge in [-0.25, -0.2) is 9.18 Å². The highest BCUT2D eigenvalue weighted by Gasteiger charge is 2.45. The van der Waals surface area contributed by atoms with Crippen molar-refractivity contribution < 1.29 is 19.0 Å². The Kier molecular flexibility index (Phi) is 3.25. The summed E-state index contributed by atoms with van der Waals surface area (Å²) in [7, 11) is 0. The van der Waals surface area contributed by atoms with Crippen molar-refractivity contribution in [3.05, 3.63) is 59.9 Å². The quantitative estimate of drug-likeness (QED) is 0.911. The minimum Gasteiger partial charge on any atom is -0.493 e. The molecule has 2 aromatic rings. The molecule has 0 spiro atoms. The summed E-state index contributed by atoms with van der Waals surface area (Å²) in [5.74, 6) is -1.03. The SMILES string of the molecule is O=C(O)C1(Nc2ccccc2F)CCOc2ccccc21. The molecule has 3 rings (SSSR count). The van der Waals surface area contributed by atoms with Crippen LogP contribution in [0.15, 0.2) is 48.5 Å². The summed E-state index contributed by atoms with van der Waals surface area (Å²) in [5.41, 5.74) is -0.722. The van der Waals surface area contributed by atoms with Crippen LogP contribution in [0.4, 0.5) is 10.1 Å². The number of hydrogen-bond donors (Lipinski definition) is 2. The lowest BCUT2D eigenvalue weighted by molar-refractivity contribution is -0.143. The predicted octanol–water partition coefficient (Wildman–Crippen LogP) is 3.00. The Morgan fingerprint density at radius 3 is 2.67 bits per heavy atom. The number of fused-ring (bicyclic) bond motifs is 1. The largest absolute Gasteiger partial charge is 0.493 e. The number of benzene rings is 2. The van der Waals surface area contributed by atoms with Crippen LogP contribution in [0.5, 0.6) is 5.75 Å². The van der Waals surface area contributed by atoms with E-state index in [9.17, 15) is 14.3 Å². The van der Waals surface area contributed by atoms with Gasteiger partial charge in [0.25, 0.3) is 0 Å². The first kappa shape index (κ1) is 13.4. The van der Waals surface area contributed by atoms with Crippen molar-refractivity contribution in [1.82, 2.24) is 0 Å². The van der Waals surface area contributed by atoms with Gasteiger partial charge in [0.1, 0.15) is 11.6 Å². The Bertz CT molecular complexity index is 689. The third-order valence-electron chi connectivity index (χ3n) is 3.67. The van der Waals surface area contributed by atoms with Gasteiger partial charge in [-0.3, -0.25) is 0 Å². The summed E-state index contributed by atoms with van der Waals surface area (Å²) < 4.78 is 19.4. The molecule has 1 heterocycles. The number of hydrogen-bond acceptors (Lipinski definition) is 3. The molecule has 1 aliphatic heterocycles. The predicted molar refractivity (Wildman–Crippen MR) is 75.9 cm³/mol. The molecule has 0 bridgehead atoms. The van der Waals surface area contributed by atoms with Crippen LogP contribution in [0.2, 0.25) is 0 Å². The molecule has 1 unspecified atom stereocenters. The molecule has 0 fully saturated rings. The van der Waals surface area contributed by atoms with Gasteiger partial charge in [-0.05, 0) is 18.2 Å². The molecule has 1 atom stereocenters. The molecule has 0 radical (unpaired) electrons. The number of rotatable bonds is 3. The third kappa shape index (κ3) is 2.20. The average Bonchev–Trinajstić information content (AvgIpc) is 2.49. The standard InChI is InChI=1S/C16H14FNO3/c17-12-6-2-3-7-13(12)18-16(15(19)20)9-10-21-14-8-4-1-5-11(14)16/h1-8,18H,9-10H2,(H,19,20). The molecule has 0 saturated carbocycles. The number of aliphatic carboxylic acids is 1. The van der Waals surface area contributed by atoms with Crippen LogP contribution in [0.3, 0.4) is 0 Å². The zero-order valence-corrected chi connectivity index (χ0v) is 11.2. The molecule has 5 heteroatoms. The van der Waals surface area contributed by atoms with Gasteiger partial charge in [-0.15, -0.1) is 0 Å². The number of halogens is 1. The fraction of sp³-hybridized carbons (Fsp3) is 0.188. The summed E-state index contributed by atoms with van der Waals surface area (Å²) in [4.78, 5) is 11.9. The van der Waals surface area contributed by atoms with E-state index in [1.807, 2.05) is 0 Å². The zero-order chi connectivity index (χ0) is 14.9. The molecular formula is C16H14FNO3. The topological polar surface area (TPSA) is 58.6 Å². The van der Waals surface area contributed by atoms with Gasteiger partial charge in [-0.1, -0.05) is 30.3 Å². The fourth-order valence-electron chi connectivity index (χ4n) is 2.59. The van der Waals surface area contributed by atoms with E-state index >= 15 is 0 Å². The van der Waals surface area contributed by atoms with Crippen molar-refractivity contribution in [3.63, 3.8) is 0 Å². The highest BCUT2D eigenvalue weighted by molar-refractivity contribution is 5.86. The molecule has 108 valence electrons. The third-order valence-corrected chi connectivity index (χ3v) is 3.67. The summed E-state index contributed by atoms with van der Waals surface area (Å²) in [6, 6.07) is 13.0.